The van der Waals surface area contributed by atoms with Gasteiger partial charge in [-0.3, -0.25) is 4.79 Å². The van der Waals surface area contributed by atoms with Gasteiger partial charge in [0, 0.05) is 11.0 Å². The van der Waals surface area contributed by atoms with Gasteiger partial charge in [0.15, 0.2) is 5.78 Å². The van der Waals surface area contributed by atoms with Gasteiger partial charge in [-0.1, -0.05) is 20.8 Å². The van der Waals surface area contributed by atoms with Crippen molar-refractivity contribution in [3.05, 3.63) is 0 Å². The van der Waals surface area contributed by atoms with Crippen LogP contribution in [-0.2, 0) is 9.53 Å². The Labute approximate surface area is 113 Å². The predicted octanol–water partition coefficient (Wildman–Crippen LogP) is 3.17. The maximum Gasteiger partial charge on any atom is 0.157 e. The fourth-order valence-corrected chi connectivity index (χ4v) is 1.56. The zero-order chi connectivity index (χ0) is 14.8. The first-order valence-electron chi connectivity index (χ1n) is 6.68. The smallest absolute Gasteiger partial charge is 0.157 e. The summed E-state index contributed by atoms with van der Waals surface area (Å²) in [7, 11) is 0. The summed E-state index contributed by atoms with van der Waals surface area (Å²) in [6.45, 7) is 18.5. The number of carbonyl (C=O) groups excluding carboxylic acids is 1. The normalized spacial score (nSPS) is 15.6. The van der Waals surface area contributed by atoms with Gasteiger partial charge < -0.3 is 10.1 Å². The van der Waals surface area contributed by atoms with E-state index in [1.54, 1.807) is 0 Å². The van der Waals surface area contributed by atoms with Crippen molar-refractivity contribution in [2.75, 3.05) is 6.61 Å². The highest BCUT2D eigenvalue weighted by molar-refractivity contribution is 5.88. The molecule has 0 heterocycles. The third-order valence-electron chi connectivity index (χ3n) is 2.35. The number of carbonyl (C=O) groups is 1. The van der Waals surface area contributed by atoms with Crippen LogP contribution in [0.4, 0.5) is 0 Å². The molecule has 0 aliphatic rings. The molecule has 1 N–H and O–H groups in total. The van der Waals surface area contributed by atoms with E-state index < -0.39 is 0 Å². The van der Waals surface area contributed by atoms with Crippen LogP contribution in [0.25, 0.3) is 0 Å². The summed E-state index contributed by atoms with van der Waals surface area (Å²) in [5.41, 5.74) is -0.688. The molecule has 0 aromatic carbocycles. The summed E-state index contributed by atoms with van der Waals surface area (Å²) < 4.78 is 5.77. The Morgan fingerprint density at radius 1 is 1.00 bits per heavy atom. The quantitative estimate of drug-likeness (QED) is 0.840. The second kappa shape index (κ2) is 5.70. The van der Waals surface area contributed by atoms with E-state index in [2.05, 4.69) is 26.1 Å². The molecule has 1 atom stereocenters. The lowest BCUT2D eigenvalue weighted by molar-refractivity contribution is -0.132. The zero-order valence-electron chi connectivity index (χ0n) is 13.6. The lowest BCUT2D eigenvalue weighted by Crippen LogP contribution is -2.53. The summed E-state index contributed by atoms with van der Waals surface area (Å²) in [5, 5.41) is 3.36. The number of ether oxygens (including phenoxy) is 1. The van der Waals surface area contributed by atoms with Gasteiger partial charge in [-0.2, -0.15) is 0 Å². The minimum Gasteiger partial charge on any atom is -0.374 e. The Balaban J connectivity index is 4.80. The molecule has 0 aromatic heterocycles. The molecule has 0 saturated heterocycles. The molecule has 0 saturated carbocycles. The van der Waals surface area contributed by atoms with E-state index >= 15 is 0 Å². The molecule has 0 aliphatic heterocycles. The van der Waals surface area contributed by atoms with Gasteiger partial charge in [-0.25, -0.2) is 0 Å². The SMILES string of the molecule is CC(C)(C)N[C@@H](COC(C)(C)C)C(=O)C(C)(C)C. The molecule has 0 fully saturated rings. The highest BCUT2D eigenvalue weighted by atomic mass is 16.5. The van der Waals surface area contributed by atoms with Crippen LogP contribution in [-0.4, -0.2) is 29.6 Å². The Morgan fingerprint density at radius 3 is 1.72 bits per heavy atom. The fourth-order valence-electron chi connectivity index (χ4n) is 1.56. The molecule has 0 radical (unpaired) electrons. The first-order valence-corrected chi connectivity index (χ1v) is 6.68. The van der Waals surface area contributed by atoms with Crippen molar-refractivity contribution in [3.8, 4) is 0 Å². The molecule has 0 unspecified atom stereocenters. The highest BCUT2D eigenvalue weighted by Crippen LogP contribution is 2.19. The molecule has 0 spiro atoms. The van der Waals surface area contributed by atoms with Crippen molar-refractivity contribution in [2.24, 2.45) is 5.41 Å². The number of hydrogen-bond acceptors (Lipinski definition) is 3. The number of nitrogens with one attached hydrogen (secondary N) is 1. The lowest BCUT2D eigenvalue weighted by atomic mass is 9.85. The van der Waals surface area contributed by atoms with Crippen LogP contribution < -0.4 is 5.32 Å². The third-order valence-corrected chi connectivity index (χ3v) is 2.35. The van der Waals surface area contributed by atoms with Gasteiger partial charge in [-0.05, 0) is 41.5 Å². The van der Waals surface area contributed by atoms with Crippen molar-refractivity contribution in [3.63, 3.8) is 0 Å². The van der Waals surface area contributed by atoms with Gasteiger partial charge in [0.05, 0.1) is 18.2 Å². The fraction of sp³-hybridized carbons (Fsp3) is 0.933. The van der Waals surface area contributed by atoms with Crippen molar-refractivity contribution in [1.29, 1.82) is 0 Å². The van der Waals surface area contributed by atoms with E-state index in [1.807, 2.05) is 41.5 Å². The van der Waals surface area contributed by atoms with Crippen molar-refractivity contribution in [2.45, 2.75) is 79.5 Å². The van der Waals surface area contributed by atoms with Gasteiger partial charge in [0.2, 0.25) is 0 Å². The zero-order valence-corrected chi connectivity index (χ0v) is 13.6. The van der Waals surface area contributed by atoms with Crippen LogP contribution in [0.15, 0.2) is 0 Å². The molecule has 18 heavy (non-hydrogen) atoms. The van der Waals surface area contributed by atoms with Gasteiger partial charge in [-0.15, -0.1) is 0 Å². The molecule has 0 aliphatic carbocycles. The summed E-state index contributed by atoms with van der Waals surface area (Å²) in [5.74, 6) is 0.196. The van der Waals surface area contributed by atoms with Crippen LogP contribution in [0.1, 0.15) is 62.3 Å². The largest absolute Gasteiger partial charge is 0.374 e. The van der Waals surface area contributed by atoms with Crippen LogP contribution in [0, 0.1) is 5.41 Å². The summed E-state index contributed by atoms with van der Waals surface area (Å²) in [4.78, 5) is 12.4. The van der Waals surface area contributed by atoms with Crippen molar-refractivity contribution in [1.82, 2.24) is 5.32 Å². The molecule has 0 bridgehead atoms. The topological polar surface area (TPSA) is 38.3 Å². The molecule has 0 aromatic rings. The standard InChI is InChI=1S/C15H31NO2/c1-13(2,3)12(17)11(16-14(4,5)6)10-18-15(7,8)9/h11,16H,10H2,1-9H3/t11-/m0/s1. The van der Waals surface area contributed by atoms with E-state index in [1.165, 1.54) is 0 Å². The molecular formula is C15H31NO2. The second-order valence-electron chi connectivity index (χ2n) is 7.98. The molecule has 0 amide bonds. The molecular weight excluding hydrogens is 226 g/mol. The molecule has 3 heteroatoms. The molecule has 3 nitrogen and oxygen atoms in total. The van der Waals surface area contributed by atoms with E-state index in [9.17, 15) is 4.79 Å². The van der Waals surface area contributed by atoms with Gasteiger partial charge >= 0.3 is 0 Å². The van der Waals surface area contributed by atoms with Crippen molar-refractivity contribution < 1.29 is 9.53 Å². The predicted molar refractivity (Wildman–Crippen MR) is 76.8 cm³/mol. The van der Waals surface area contributed by atoms with E-state index in [4.69, 9.17) is 4.74 Å². The first kappa shape index (κ1) is 17.6. The average Bonchev–Trinajstić information content (AvgIpc) is 2.06. The lowest BCUT2D eigenvalue weighted by Gasteiger charge is -2.33. The molecule has 108 valence electrons. The van der Waals surface area contributed by atoms with Gasteiger partial charge in [0.25, 0.3) is 0 Å². The minimum atomic E-state index is -0.357. The first-order chi connectivity index (χ1) is 7.72. The Bertz CT molecular complexity index is 276. The monoisotopic (exact) mass is 257 g/mol. The Kier molecular flexibility index (Phi) is 5.57. The van der Waals surface area contributed by atoms with E-state index in [0.717, 1.165) is 0 Å². The molecule has 0 rings (SSSR count). The van der Waals surface area contributed by atoms with Gasteiger partial charge in [0.1, 0.15) is 0 Å². The van der Waals surface area contributed by atoms with E-state index in [0.29, 0.717) is 6.61 Å². The second-order valence-corrected chi connectivity index (χ2v) is 7.98. The maximum atomic E-state index is 12.4. The minimum absolute atomic E-state index is 0.104. The third kappa shape index (κ3) is 7.83. The van der Waals surface area contributed by atoms with Crippen molar-refractivity contribution >= 4 is 5.78 Å². The van der Waals surface area contributed by atoms with Crippen LogP contribution in [0.2, 0.25) is 0 Å². The highest BCUT2D eigenvalue weighted by Gasteiger charge is 2.32. The number of ketones is 1. The number of rotatable bonds is 4. The number of hydrogen-bond donors (Lipinski definition) is 1. The maximum absolute atomic E-state index is 12.4. The number of Topliss-reactive ketones (excluding diaryl/α,β-unsaturated/α-hetero) is 1. The summed E-state index contributed by atoms with van der Waals surface area (Å²) >= 11 is 0. The summed E-state index contributed by atoms with van der Waals surface area (Å²) in [6.07, 6.45) is 0. The Morgan fingerprint density at radius 2 is 1.44 bits per heavy atom. The summed E-state index contributed by atoms with van der Waals surface area (Å²) in [6, 6.07) is -0.260. The average molecular weight is 257 g/mol. The Hall–Kier alpha value is -0.410. The van der Waals surface area contributed by atoms with Crippen LogP contribution >= 0.6 is 0 Å². The van der Waals surface area contributed by atoms with Crippen LogP contribution in [0.5, 0.6) is 0 Å². The van der Waals surface area contributed by atoms with E-state index in [-0.39, 0.29) is 28.4 Å². The van der Waals surface area contributed by atoms with Crippen LogP contribution in [0.3, 0.4) is 0 Å².